The first kappa shape index (κ1) is 17.4. The molecule has 128 valence electrons. The zero-order valence-electron chi connectivity index (χ0n) is 15.0. The summed E-state index contributed by atoms with van der Waals surface area (Å²) in [6, 6.07) is 18.7. The van der Waals surface area contributed by atoms with Crippen LogP contribution in [0, 0.1) is 27.7 Å². The lowest BCUT2D eigenvalue weighted by Crippen LogP contribution is -2.06. The second-order valence-electron chi connectivity index (χ2n) is 6.43. The maximum atomic E-state index is 10.1. The summed E-state index contributed by atoms with van der Waals surface area (Å²) < 4.78 is 0. The molecule has 3 heteroatoms. The Morgan fingerprint density at radius 2 is 0.920 bits per heavy atom. The van der Waals surface area contributed by atoms with E-state index in [1.54, 1.807) is 0 Å². The van der Waals surface area contributed by atoms with Gasteiger partial charge in [0.25, 0.3) is 0 Å². The van der Waals surface area contributed by atoms with Gasteiger partial charge < -0.3 is 10.2 Å². The van der Waals surface area contributed by atoms with E-state index in [2.05, 4.69) is 48.5 Å². The average molecular weight is 351 g/mol. The molecule has 3 aromatic carbocycles. The van der Waals surface area contributed by atoms with Crippen molar-refractivity contribution in [2.45, 2.75) is 42.4 Å². The number of aryl methyl sites for hydroxylation is 4. The van der Waals surface area contributed by atoms with Gasteiger partial charge in [-0.2, -0.15) is 0 Å². The summed E-state index contributed by atoms with van der Waals surface area (Å²) >= 11 is 0. The Morgan fingerprint density at radius 3 is 1.28 bits per heavy atom. The lowest BCUT2D eigenvalue weighted by Gasteiger charge is -2.13. The van der Waals surface area contributed by atoms with Crippen LogP contribution in [0.4, 0.5) is 0 Å². The predicted molar refractivity (Wildman–Crippen MR) is 104 cm³/mol. The summed E-state index contributed by atoms with van der Waals surface area (Å²) in [7, 11) is -0.295. The summed E-state index contributed by atoms with van der Waals surface area (Å²) in [5, 5.41) is 20.3. The SMILES string of the molecule is Cc1cc([S+](c2ccccc2)c2cc(C)c(O)c(C)c2)cc(C)c1O. The summed E-state index contributed by atoms with van der Waals surface area (Å²) in [6.45, 7) is 7.74. The monoisotopic (exact) mass is 351 g/mol. The zero-order chi connectivity index (χ0) is 18.1. The van der Waals surface area contributed by atoms with Crippen LogP contribution in [0.2, 0.25) is 0 Å². The first-order valence-electron chi connectivity index (χ1n) is 8.28. The molecule has 0 saturated carbocycles. The van der Waals surface area contributed by atoms with Crippen LogP contribution in [-0.2, 0) is 10.9 Å². The minimum absolute atomic E-state index is 0.295. The molecule has 0 aliphatic heterocycles. The Kier molecular flexibility index (Phi) is 4.78. The summed E-state index contributed by atoms with van der Waals surface area (Å²) in [4.78, 5) is 3.56. The predicted octanol–water partition coefficient (Wildman–Crippen LogP) is 5.43. The second-order valence-corrected chi connectivity index (χ2v) is 8.46. The number of phenolic OH excluding ortho intramolecular Hbond substituents is 2. The fourth-order valence-electron chi connectivity index (χ4n) is 3.03. The molecule has 0 aliphatic rings. The Morgan fingerprint density at radius 1 is 0.560 bits per heavy atom. The minimum Gasteiger partial charge on any atom is -0.507 e. The van der Waals surface area contributed by atoms with Gasteiger partial charge in [-0.05, 0) is 62.1 Å². The molecule has 0 aliphatic carbocycles. The standard InChI is InChI=1S/C22H22O2S/c1-14-10-19(11-15(2)21(14)23)25(18-8-6-5-7-9-18)20-12-16(3)22(24)17(4)13-20/h5-13H,1-4H3,(H-,23,24)/p+1. The van der Waals surface area contributed by atoms with E-state index in [4.69, 9.17) is 0 Å². The first-order valence-corrected chi connectivity index (χ1v) is 9.50. The van der Waals surface area contributed by atoms with Crippen LogP contribution in [0.3, 0.4) is 0 Å². The van der Waals surface area contributed by atoms with Crippen LogP contribution >= 0.6 is 0 Å². The Labute approximate surface area is 152 Å². The highest BCUT2D eigenvalue weighted by Crippen LogP contribution is 2.37. The third kappa shape index (κ3) is 3.38. The third-order valence-corrected chi connectivity index (χ3v) is 6.54. The van der Waals surface area contributed by atoms with Crippen LogP contribution in [0.5, 0.6) is 11.5 Å². The number of rotatable bonds is 3. The number of benzene rings is 3. The quantitative estimate of drug-likeness (QED) is 0.618. The molecule has 0 heterocycles. The average Bonchev–Trinajstić information content (AvgIpc) is 2.58. The van der Waals surface area contributed by atoms with Crippen molar-refractivity contribution in [2.24, 2.45) is 0 Å². The van der Waals surface area contributed by atoms with Crippen molar-refractivity contribution < 1.29 is 10.2 Å². The number of aromatic hydroxyl groups is 2. The molecular weight excluding hydrogens is 328 g/mol. The van der Waals surface area contributed by atoms with E-state index in [-0.39, 0.29) is 10.9 Å². The van der Waals surface area contributed by atoms with Crippen LogP contribution in [0.15, 0.2) is 69.3 Å². The highest BCUT2D eigenvalue weighted by atomic mass is 32.2. The summed E-state index contributed by atoms with van der Waals surface area (Å²) in [5.41, 5.74) is 3.54. The fourth-order valence-corrected chi connectivity index (χ4v) is 5.46. The maximum absolute atomic E-state index is 10.1. The van der Waals surface area contributed by atoms with E-state index < -0.39 is 0 Å². The Balaban J connectivity index is 2.25. The van der Waals surface area contributed by atoms with Gasteiger partial charge in [0.05, 0.1) is 10.9 Å². The third-order valence-electron chi connectivity index (χ3n) is 4.38. The molecule has 0 unspecified atom stereocenters. The van der Waals surface area contributed by atoms with Crippen LogP contribution in [0.1, 0.15) is 22.3 Å². The topological polar surface area (TPSA) is 40.5 Å². The van der Waals surface area contributed by atoms with Crippen molar-refractivity contribution >= 4 is 10.9 Å². The molecule has 0 saturated heterocycles. The molecule has 3 aromatic rings. The van der Waals surface area contributed by atoms with E-state index in [9.17, 15) is 10.2 Å². The van der Waals surface area contributed by atoms with Gasteiger partial charge in [0.15, 0.2) is 14.7 Å². The molecule has 2 nitrogen and oxygen atoms in total. The van der Waals surface area contributed by atoms with Crippen molar-refractivity contribution in [2.75, 3.05) is 0 Å². The van der Waals surface area contributed by atoms with Gasteiger partial charge in [0, 0.05) is 24.3 Å². The maximum Gasteiger partial charge on any atom is 0.167 e. The summed E-state index contributed by atoms with van der Waals surface area (Å²) in [6.07, 6.45) is 0. The molecule has 0 amide bonds. The van der Waals surface area contributed by atoms with Crippen molar-refractivity contribution in [3.63, 3.8) is 0 Å². The van der Waals surface area contributed by atoms with Crippen LogP contribution in [0.25, 0.3) is 0 Å². The minimum atomic E-state index is -0.295. The number of phenols is 2. The van der Waals surface area contributed by atoms with Gasteiger partial charge >= 0.3 is 0 Å². The van der Waals surface area contributed by atoms with Gasteiger partial charge in [-0.3, -0.25) is 0 Å². The molecule has 0 aromatic heterocycles. The van der Waals surface area contributed by atoms with Gasteiger partial charge in [0.1, 0.15) is 11.5 Å². The van der Waals surface area contributed by atoms with Gasteiger partial charge in [-0.15, -0.1) is 0 Å². The zero-order valence-corrected chi connectivity index (χ0v) is 15.8. The van der Waals surface area contributed by atoms with E-state index >= 15 is 0 Å². The smallest absolute Gasteiger partial charge is 0.167 e. The fraction of sp³-hybridized carbons (Fsp3) is 0.182. The van der Waals surface area contributed by atoms with Gasteiger partial charge in [0.2, 0.25) is 0 Å². The molecule has 0 radical (unpaired) electrons. The van der Waals surface area contributed by atoms with Crippen molar-refractivity contribution in [3.8, 4) is 11.5 Å². The molecule has 0 fully saturated rings. The summed E-state index contributed by atoms with van der Waals surface area (Å²) in [5.74, 6) is 0.719. The second kappa shape index (κ2) is 6.85. The van der Waals surface area contributed by atoms with Crippen molar-refractivity contribution in [3.05, 3.63) is 76.9 Å². The Bertz CT molecular complexity index is 813. The number of hydrogen-bond donors (Lipinski definition) is 2. The molecule has 0 spiro atoms. The van der Waals surface area contributed by atoms with Crippen molar-refractivity contribution in [1.29, 1.82) is 0 Å². The number of hydrogen-bond acceptors (Lipinski definition) is 2. The normalized spacial score (nSPS) is 11.1. The van der Waals surface area contributed by atoms with E-state index in [0.717, 1.165) is 22.3 Å². The Hall–Kier alpha value is -2.39. The molecule has 0 atom stereocenters. The highest BCUT2D eigenvalue weighted by molar-refractivity contribution is 7.97. The van der Waals surface area contributed by atoms with Gasteiger partial charge in [-0.25, -0.2) is 0 Å². The lowest BCUT2D eigenvalue weighted by molar-refractivity contribution is 0.466. The van der Waals surface area contributed by atoms with Crippen LogP contribution < -0.4 is 0 Å². The van der Waals surface area contributed by atoms with E-state index in [0.29, 0.717) is 11.5 Å². The van der Waals surface area contributed by atoms with Crippen LogP contribution in [-0.4, -0.2) is 10.2 Å². The van der Waals surface area contributed by atoms with E-state index in [1.165, 1.54) is 14.7 Å². The highest BCUT2D eigenvalue weighted by Gasteiger charge is 2.30. The van der Waals surface area contributed by atoms with E-state index in [1.807, 2.05) is 33.8 Å². The molecule has 0 bridgehead atoms. The molecule has 25 heavy (non-hydrogen) atoms. The van der Waals surface area contributed by atoms with Gasteiger partial charge in [-0.1, -0.05) is 18.2 Å². The lowest BCUT2D eigenvalue weighted by atomic mass is 10.1. The molecular formula is C22H23O2S+. The molecule has 3 rings (SSSR count). The molecule has 2 N–H and O–H groups in total. The van der Waals surface area contributed by atoms with Crippen molar-refractivity contribution in [1.82, 2.24) is 0 Å². The largest absolute Gasteiger partial charge is 0.507 e. The first-order chi connectivity index (χ1) is 11.9.